The van der Waals surface area contributed by atoms with Gasteiger partial charge in [0, 0.05) is 6.42 Å². The number of rotatable bonds is 3. The molecule has 20 heavy (non-hydrogen) atoms. The summed E-state index contributed by atoms with van der Waals surface area (Å²) >= 11 is 0. The summed E-state index contributed by atoms with van der Waals surface area (Å²) in [6, 6.07) is 7.42. The van der Waals surface area contributed by atoms with Crippen molar-refractivity contribution in [1.29, 1.82) is 5.26 Å². The van der Waals surface area contributed by atoms with Crippen molar-refractivity contribution < 1.29 is 18.0 Å². The Morgan fingerprint density at radius 3 is 2.45 bits per heavy atom. The maximum atomic E-state index is 12.2. The summed E-state index contributed by atoms with van der Waals surface area (Å²) < 4.78 is 24.4. The van der Waals surface area contributed by atoms with Crippen molar-refractivity contribution >= 4 is 21.7 Å². The lowest BCUT2D eigenvalue weighted by Gasteiger charge is -2.20. The highest BCUT2D eigenvalue weighted by Gasteiger charge is 2.31. The second-order valence-corrected chi connectivity index (χ2v) is 6.60. The van der Waals surface area contributed by atoms with Crippen LogP contribution < -0.4 is 5.32 Å². The molecule has 0 aliphatic carbocycles. The van der Waals surface area contributed by atoms with Gasteiger partial charge in [0.1, 0.15) is 0 Å². The lowest BCUT2D eigenvalue weighted by molar-refractivity contribution is -0.135. The van der Waals surface area contributed by atoms with Crippen molar-refractivity contribution in [3.8, 4) is 6.07 Å². The zero-order valence-corrected chi connectivity index (χ0v) is 11.3. The summed E-state index contributed by atoms with van der Waals surface area (Å²) in [5.74, 6) is -1.97. The zero-order valence-electron chi connectivity index (χ0n) is 10.5. The summed E-state index contributed by atoms with van der Waals surface area (Å²) in [5.41, 5.74) is 0.366. The van der Waals surface area contributed by atoms with E-state index in [4.69, 9.17) is 5.26 Å². The fraction of sp³-hybridized carbons (Fsp3) is 0.308. The van der Waals surface area contributed by atoms with E-state index in [1.807, 2.05) is 6.07 Å². The number of imide groups is 1. The van der Waals surface area contributed by atoms with Gasteiger partial charge in [-0.3, -0.25) is 14.9 Å². The van der Waals surface area contributed by atoms with Crippen LogP contribution in [0.4, 0.5) is 0 Å². The van der Waals surface area contributed by atoms with Crippen molar-refractivity contribution in [2.24, 2.45) is 5.92 Å². The molecule has 2 rings (SSSR count). The van der Waals surface area contributed by atoms with Crippen LogP contribution in [-0.2, 0) is 19.4 Å². The van der Waals surface area contributed by atoms with Gasteiger partial charge in [-0.05, 0) is 30.7 Å². The first kappa shape index (κ1) is 14.2. The van der Waals surface area contributed by atoms with Gasteiger partial charge in [0.05, 0.1) is 28.2 Å². The van der Waals surface area contributed by atoms with Gasteiger partial charge < -0.3 is 0 Å². The number of amides is 2. The van der Waals surface area contributed by atoms with Gasteiger partial charge in [-0.15, -0.1) is 0 Å². The molecule has 1 atom stereocenters. The molecule has 1 aliphatic heterocycles. The number of nitriles is 1. The van der Waals surface area contributed by atoms with Crippen LogP contribution in [0.25, 0.3) is 0 Å². The molecule has 1 N–H and O–H groups in total. The van der Waals surface area contributed by atoms with E-state index in [9.17, 15) is 18.0 Å². The third-order valence-electron chi connectivity index (χ3n) is 3.12. The lowest BCUT2D eigenvalue weighted by atomic mass is 10.0. The van der Waals surface area contributed by atoms with Gasteiger partial charge >= 0.3 is 0 Å². The van der Waals surface area contributed by atoms with Crippen molar-refractivity contribution in [1.82, 2.24) is 5.32 Å². The Balaban J connectivity index is 2.16. The van der Waals surface area contributed by atoms with Crippen LogP contribution in [0.2, 0.25) is 0 Å². The van der Waals surface area contributed by atoms with E-state index >= 15 is 0 Å². The molecule has 1 aromatic rings. The SMILES string of the molecule is N#Cc1ccc(S(=O)(=O)CC2CCC(=O)NC2=O)cc1. The lowest BCUT2D eigenvalue weighted by Crippen LogP contribution is -2.43. The summed E-state index contributed by atoms with van der Waals surface area (Å²) in [6.45, 7) is 0. The Morgan fingerprint density at radius 1 is 1.25 bits per heavy atom. The molecule has 0 aromatic heterocycles. The predicted octanol–water partition coefficient (Wildman–Crippen LogP) is 0.385. The fourth-order valence-electron chi connectivity index (χ4n) is 2.00. The van der Waals surface area contributed by atoms with Crippen molar-refractivity contribution in [3.05, 3.63) is 29.8 Å². The zero-order chi connectivity index (χ0) is 14.8. The van der Waals surface area contributed by atoms with E-state index in [1.54, 1.807) is 0 Å². The molecule has 1 aromatic carbocycles. The minimum Gasteiger partial charge on any atom is -0.296 e. The number of carbonyl (C=O) groups excluding carboxylic acids is 2. The molecule has 7 heteroatoms. The standard InChI is InChI=1S/C13H12N2O4S/c14-7-9-1-4-11(5-2-9)20(18,19)8-10-3-6-12(16)15-13(10)17/h1-2,4-5,10H,3,6,8H2,(H,15,16,17). The maximum absolute atomic E-state index is 12.2. The molecular formula is C13H12N2O4S. The summed E-state index contributed by atoms with van der Waals surface area (Å²) in [6.07, 6.45) is 0.388. The number of hydrogen-bond acceptors (Lipinski definition) is 5. The van der Waals surface area contributed by atoms with E-state index in [2.05, 4.69) is 5.32 Å². The van der Waals surface area contributed by atoms with E-state index in [0.717, 1.165) is 0 Å². The fourth-order valence-corrected chi connectivity index (χ4v) is 3.59. The van der Waals surface area contributed by atoms with E-state index < -0.39 is 21.7 Å². The largest absolute Gasteiger partial charge is 0.296 e. The normalized spacial score (nSPS) is 19.2. The number of nitrogens with zero attached hydrogens (tertiary/aromatic N) is 1. The third kappa shape index (κ3) is 3.03. The molecule has 1 unspecified atom stereocenters. The van der Waals surface area contributed by atoms with Crippen LogP contribution in [0.15, 0.2) is 29.2 Å². The summed E-state index contributed by atoms with van der Waals surface area (Å²) in [5, 5.41) is 10.8. The Hall–Kier alpha value is -2.20. The van der Waals surface area contributed by atoms with Crippen LogP contribution in [-0.4, -0.2) is 26.0 Å². The van der Waals surface area contributed by atoms with Crippen LogP contribution >= 0.6 is 0 Å². The highest BCUT2D eigenvalue weighted by molar-refractivity contribution is 7.91. The minimum absolute atomic E-state index is 0.0706. The number of hydrogen-bond donors (Lipinski definition) is 1. The Labute approximate surface area is 116 Å². The molecule has 104 valence electrons. The second kappa shape index (κ2) is 5.43. The van der Waals surface area contributed by atoms with Gasteiger partial charge in [-0.25, -0.2) is 8.42 Å². The van der Waals surface area contributed by atoms with Crippen LogP contribution in [0.3, 0.4) is 0 Å². The number of piperidine rings is 1. The molecule has 1 fully saturated rings. The van der Waals surface area contributed by atoms with E-state index in [-0.39, 0.29) is 29.4 Å². The number of sulfone groups is 1. The first-order chi connectivity index (χ1) is 9.42. The second-order valence-electron chi connectivity index (χ2n) is 4.57. The van der Waals surface area contributed by atoms with Crippen molar-refractivity contribution in [2.45, 2.75) is 17.7 Å². The Morgan fingerprint density at radius 2 is 1.90 bits per heavy atom. The van der Waals surface area contributed by atoms with Gasteiger partial charge in [0.2, 0.25) is 11.8 Å². The monoisotopic (exact) mass is 292 g/mol. The van der Waals surface area contributed by atoms with Crippen molar-refractivity contribution in [3.63, 3.8) is 0 Å². The summed E-state index contributed by atoms with van der Waals surface area (Å²) in [4.78, 5) is 22.7. The first-order valence-corrected chi connectivity index (χ1v) is 7.64. The van der Waals surface area contributed by atoms with E-state index in [1.165, 1.54) is 24.3 Å². The van der Waals surface area contributed by atoms with Gasteiger partial charge in [-0.1, -0.05) is 0 Å². The number of benzene rings is 1. The molecule has 0 bridgehead atoms. The molecule has 1 aliphatic rings. The average molecular weight is 292 g/mol. The Bertz CT molecular complexity index is 686. The van der Waals surface area contributed by atoms with Crippen LogP contribution in [0.5, 0.6) is 0 Å². The quantitative estimate of drug-likeness (QED) is 0.811. The molecule has 0 saturated carbocycles. The molecule has 0 spiro atoms. The van der Waals surface area contributed by atoms with Crippen LogP contribution in [0.1, 0.15) is 18.4 Å². The number of nitrogens with one attached hydrogen (secondary N) is 1. The van der Waals surface area contributed by atoms with Crippen molar-refractivity contribution in [2.75, 3.05) is 5.75 Å². The molecule has 0 radical (unpaired) electrons. The van der Waals surface area contributed by atoms with E-state index in [0.29, 0.717) is 5.56 Å². The Kier molecular flexibility index (Phi) is 3.86. The molecule has 1 heterocycles. The first-order valence-electron chi connectivity index (χ1n) is 5.99. The molecular weight excluding hydrogens is 280 g/mol. The highest BCUT2D eigenvalue weighted by Crippen LogP contribution is 2.20. The number of carbonyl (C=O) groups is 2. The smallest absolute Gasteiger partial charge is 0.230 e. The van der Waals surface area contributed by atoms with Gasteiger partial charge in [0.15, 0.2) is 9.84 Å². The van der Waals surface area contributed by atoms with Gasteiger partial charge in [-0.2, -0.15) is 5.26 Å². The molecule has 6 nitrogen and oxygen atoms in total. The highest BCUT2D eigenvalue weighted by atomic mass is 32.2. The minimum atomic E-state index is -3.62. The maximum Gasteiger partial charge on any atom is 0.230 e. The van der Waals surface area contributed by atoms with Gasteiger partial charge in [0.25, 0.3) is 0 Å². The molecule has 2 amide bonds. The molecule has 1 saturated heterocycles. The van der Waals surface area contributed by atoms with Crippen LogP contribution in [0, 0.1) is 17.2 Å². The third-order valence-corrected chi connectivity index (χ3v) is 4.95. The topological polar surface area (TPSA) is 104 Å². The average Bonchev–Trinajstić information content (AvgIpc) is 2.42. The summed E-state index contributed by atoms with van der Waals surface area (Å²) in [7, 11) is -3.62. The predicted molar refractivity (Wildman–Crippen MR) is 69.1 cm³/mol.